The van der Waals surface area contributed by atoms with Crippen molar-refractivity contribution in [2.24, 2.45) is 5.92 Å². The average Bonchev–Trinajstić information content (AvgIpc) is 2.27. The van der Waals surface area contributed by atoms with Crippen LogP contribution in [-0.2, 0) is 0 Å². The monoisotopic (exact) mass is 239 g/mol. The first-order chi connectivity index (χ1) is 8.02. The van der Waals surface area contributed by atoms with Gasteiger partial charge in [0.2, 0.25) is 0 Å². The fourth-order valence-electron chi connectivity index (χ4n) is 1.44. The van der Waals surface area contributed by atoms with Gasteiger partial charge in [0.15, 0.2) is 11.6 Å². The molecule has 17 heavy (non-hydrogen) atoms. The Morgan fingerprint density at radius 2 is 2.29 bits per heavy atom. The van der Waals surface area contributed by atoms with Crippen molar-refractivity contribution in [2.75, 3.05) is 12.3 Å². The molecule has 1 amide bonds. The minimum absolute atomic E-state index is 0.0537. The van der Waals surface area contributed by atoms with Gasteiger partial charge in [-0.25, -0.2) is 9.37 Å². The standard InChI is InChI=1S/C12H18FN3O/c1-8(2)4-3-6-16-12(17)9-5-7-15-11(14)10(9)13/h5,7-8H,3-4,6H2,1-2H3,(H2,14,15)(H,16,17). The van der Waals surface area contributed by atoms with Crippen LogP contribution in [-0.4, -0.2) is 17.4 Å². The normalized spacial score (nSPS) is 10.6. The quantitative estimate of drug-likeness (QED) is 0.772. The van der Waals surface area contributed by atoms with E-state index in [1.54, 1.807) is 0 Å². The summed E-state index contributed by atoms with van der Waals surface area (Å²) in [5, 5.41) is 2.66. The molecule has 0 saturated carbocycles. The second kappa shape index (κ2) is 6.18. The fourth-order valence-corrected chi connectivity index (χ4v) is 1.44. The van der Waals surface area contributed by atoms with E-state index in [4.69, 9.17) is 5.73 Å². The minimum Gasteiger partial charge on any atom is -0.381 e. The molecule has 3 N–H and O–H groups in total. The Bertz CT molecular complexity index is 393. The number of halogens is 1. The van der Waals surface area contributed by atoms with Crippen LogP contribution in [0.25, 0.3) is 0 Å². The van der Waals surface area contributed by atoms with E-state index in [2.05, 4.69) is 24.1 Å². The van der Waals surface area contributed by atoms with E-state index in [0.717, 1.165) is 12.8 Å². The number of carbonyl (C=O) groups excluding carboxylic acids is 1. The molecule has 1 aromatic rings. The molecule has 0 aliphatic heterocycles. The molecule has 0 radical (unpaired) electrons. The number of pyridine rings is 1. The van der Waals surface area contributed by atoms with E-state index >= 15 is 0 Å². The maximum atomic E-state index is 13.4. The van der Waals surface area contributed by atoms with Gasteiger partial charge in [0.25, 0.3) is 5.91 Å². The van der Waals surface area contributed by atoms with Crippen molar-refractivity contribution in [3.63, 3.8) is 0 Å². The highest BCUT2D eigenvalue weighted by molar-refractivity contribution is 5.95. The topological polar surface area (TPSA) is 68.0 Å². The summed E-state index contributed by atoms with van der Waals surface area (Å²) >= 11 is 0. The van der Waals surface area contributed by atoms with Gasteiger partial charge in [0.05, 0.1) is 5.56 Å². The molecule has 0 aliphatic rings. The van der Waals surface area contributed by atoms with Gasteiger partial charge >= 0.3 is 0 Å². The van der Waals surface area contributed by atoms with Gasteiger partial charge in [0, 0.05) is 12.7 Å². The summed E-state index contributed by atoms with van der Waals surface area (Å²) in [5.41, 5.74) is 5.23. The van der Waals surface area contributed by atoms with E-state index in [1.165, 1.54) is 12.3 Å². The van der Waals surface area contributed by atoms with E-state index < -0.39 is 11.7 Å². The van der Waals surface area contributed by atoms with Crippen molar-refractivity contribution in [1.29, 1.82) is 0 Å². The molecule has 0 aliphatic carbocycles. The van der Waals surface area contributed by atoms with Crippen LogP contribution in [0.2, 0.25) is 0 Å². The Hall–Kier alpha value is -1.65. The van der Waals surface area contributed by atoms with Gasteiger partial charge in [-0.05, 0) is 24.8 Å². The number of amides is 1. The SMILES string of the molecule is CC(C)CCCNC(=O)c1ccnc(N)c1F. The molecule has 0 spiro atoms. The van der Waals surface area contributed by atoms with E-state index in [0.29, 0.717) is 12.5 Å². The lowest BCUT2D eigenvalue weighted by Gasteiger charge is -2.07. The second-order valence-corrected chi connectivity index (χ2v) is 4.35. The summed E-state index contributed by atoms with van der Waals surface area (Å²) in [6.07, 6.45) is 3.23. The molecule has 0 saturated heterocycles. The Kier molecular flexibility index (Phi) is 4.87. The van der Waals surface area contributed by atoms with Crippen LogP contribution in [0.4, 0.5) is 10.2 Å². The molecule has 4 nitrogen and oxygen atoms in total. The third kappa shape index (κ3) is 4.01. The molecule has 0 aromatic carbocycles. The molecular formula is C12H18FN3O. The Balaban J connectivity index is 2.50. The predicted molar refractivity (Wildman–Crippen MR) is 65.0 cm³/mol. The van der Waals surface area contributed by atoms with Crippen LogP contribution in [0.15, 0.2) is 12.3 Å². The number of nitrogens with one attached hydrogen (secondary N) is 1. The van der Waals surface area contributed by atoms with Crippen molar-refractivity contribution < 1.29 is 9.18 Å². The number of aromatic nitrogens is 1. The van der Waals surface area contributed by atoms with Gasteiger partial charge in [-0.15, -0.1) is 0 Å². The smallest absolute Gasteiger partial charge is 0.254 e. The first-order valence-electron chi connectivity index (χ1n) is 5.70. The average molecular weight is 239 g/mol. The fraction of sp³-hybridized carbons (Fsp3) is 0.500. The van der Waals surface area contributed by atoms with Crippen LogP contribution >= 0.6 is 0 Å². The summed E-state index contributed by atoms with van der Waals surface area (Å²) in [6, 6.07) is 1.32. The van der Waals surface area contributed by atoms with Crippen molar-refractivity contribution in [2.45, 2.75) is 26.7 Å². The van der Waals surface area contributed by atoms with Gasteiger partial charge in [-0.1, -0.05) is 13.8 Å². The first-order valence-corrected chi connectivity index (χ1v) is 5.70. The Morgan fingerprint density at radius 1 is 1.59 bits per heavy atom. The number of hydrogen-bond donors (Lipinski definition) is 2. The van der Waals surface area contributed by atoms with Crippen molar-refractivity contribution in [3.8, 4) is 0 Å². The summed E-state index contributed by atoms with van der Waals surface area (Å²) in [5.74, 6) is -0.853. The van der Waals surface area contributed by atoms with Gasteiger partial charge in [-0.2, -0.15) is 0 Å². The third-order valence-electron chi connectivity index (χ3n) is 2.40. The summed E-state index contributed by atoms with van der Waals surface area (Å²) in [7, 11) is 0. The van der Waals surface area contributed by atoms with Crippen LogP contribution in [0.5, 0.6) is 0 Å². The lowest BCUT2D eigenvalue weighted by atomic mass is 10.1. The van der Waals surface area contributed by atoms with Crippen molar-refractivity contribution in [3.05, 3.63) is 23.6 Å². The van der Waals surface area contributed by atoms with Gasteiger partial charge in [0.1, 0.15) is 0 Å². The molecule has 0 bridgehead atoms. The highest BCUT2D eigenvalue weighted by Gasteiger charge is 2.13. The molecule has 1 aromatic heterocycles. The molecule has 1 heterocycles. The van der Waals surface area contributed by atoms with Crippen LogP contribution in [0.3, 0.4) is 0 Å². The lowest BCUT2D eigenvalue weighted by Crippen LogP contribution is -2.26. The second-order valence-electron chi connectivity index (χ2n) is 4.35. The van der Waals surface area contributed by atoms with Crippen molar-refractivity contribution in [1.82, 2.24) is 10.3 Å². The lowest BCUT2D eigenvalue weighted by molar-refractivity contribution is 0.0948. The number of nitrogens with zero attached hydrogens (tertiary/aromatic N) is 1. The number of nitrogens with two attached hydrogens (primary N) is 1. The molecule has 1 rings (SSSR count). The summed E-state index contributed by atoms with van der Waals surface area (Å²) < 4.78 is 13.4. The maximum Gasteiger partial charge on any atom is 0.254 e. The number of anilines is 1. The van der Waals surface area contributed by atoms with Crippen LogP contribution in [0, 0.1) is 11.7 Å². The zero-order chi connectivity index (χ0) is 12.8. The molecular weight excluding hydrogens is 221 g/mol. The molecule has 94 valence electrons. The zero-order valence-electron chi connectivity index (χ0n) is 10.2. The molecule has 5 heteroatoms. The largest absolute Gasteiger partial charge is 0.381 e. The minimum atomic E-state index is -0.756. The third-order valence-corrected chi connectivity index (χ3v) is 2.40. The summed E-state index contributed by atoms with van der Waals surface area (Å²) in [6.45, 7) is 4.77. The Labute approximate surface area is 100 Å². The van der Waals surface area contributed by atoms with Gasteiger partial charge < -0.3 is 11.1 Å². The van der Waals surface area contributed by atoms with Crippen LogP contribution in [0.1, 0.15) is 37.0 Å². The van der Waals surface area contributed by atoms with Gasteiger partial charge in [-0.3, -0.25) is 4.79 Å². The number of rotatable bonds is 5. The molecule has 0 atom stereocenters. The van der Waals surface area contributed by atoms with Crippen molar-refractivity contribution >= 4 is 11.7 Å². The predicted octanol–water partition coefficient (Wildman–Crippen LogP) is 1.97. The molecule has 0 fully saturated rings. The first kappa shape index (κ1) is 13.4. The van der Waals surface area contributed by atoms with Crippen LogP contribution < -0.4 is 11.1 Å². The highest BCUT2D eigenvalue weighted by atomic mass is 19.1. The Morgan fingerprint density at radius 3 is 2.94 bits per heavy atom. The highest BCUT2D eigenvalue weighted by Crippen LogP contribution is 2.11. The van der Waals surface area contributed by atoms with E-state index in [-0.39, 0.29) is 11.4 Å². The molecule has 0 unspecified atom stereocenters. The number of hydrogen-bond acceptors (Lipinski definition) is 3. The maximum absolute atomic E-state index is 13.4. The zero-order valence-corrected chi connectivity index (χ0v) is 10.2. The summed E-state index contributed by atoms with van der Waals surface area (Å²) in [4.78, 5) is 15.2. The van der Waals surface area contributed by atoms with E-state index in [1.807, 2.05) is 0 Å². The number of nitrogen functional groups attached to an aromatic ring is 1. The van der Waals surface area contributed by atoms with E-state index in [9.17, 15) is 9.18 Å². The number of carbonyl (C=O) groups is 1.